The lowest BCUT2D eigenvalue weighted by atomic mass is 9.97. The fourth-order valence-corrected chi connectivity index (χ4v) is 6.16. The molecule has 0 aliphatic carbocycles. The highest BCUT2D eigenvalue weighted by Gasteiger charge is 2.73. The second-order valence-electron chi connectivity index (χ2n) is 8.29. The number of rotatable bonds is 7. The first-order valence-corrected chi connectivity index (χ1v) is 11.8. The second-order valence-corrected chi connectivity index (χ2v) is 10.9. The molecule has 0 spiro atoms. The smallest absolute Gasteiger partial charge is 0.345 e. The molecule has 2 heterocycles. The number of hydrogen-bond acceptors (Lipinski definition) is 8. The average molecular weight is 474 g/mol. The number of para-hydroxylation sites is 1. The summed E-state index contributed by atoms with van der Waals surface area (Å²) in [5.74, 6) is -2.06. The van der Waals surface area contributed by atoms with Crippen LogP contribution in [0.15, 0.2) is 60.7 Å². The average Bonchev–Trinajstić information content (AvgIpc) is 2.95. The van der Waals surface area contributed by atoms with E-state index in [1.54, 1.807) is 54.6 Å². The molecule has 2 aliphatic rings. The maximum atomic E-state index is 13.2. The Morgan fingerprint density at radius 1 is 1.00 bits per heavy atom. The first-order valence-electron chi connectivity index (χ1n) is 10.3. The monoisotopic (exact) mass is 473 g/mol. The van der Waals surface area contributed by atoms with Crippen LogP contribution in [0.3, 0.4) is 0 Å². The molecule has 2 aromatic rings. The zero-order chi connectivity index (χ0) is 23.8. The lowest BCUT2D eigenvalue weighted by Crippen LogP contribution is -2.68. The minimum absolute atomic E-state index is 0.0613. The van der Waals surface area contributed by atoms with Gasteiger partial charge in [-0.25, -0.2) is 18.0 Å². The molecule has 2 aliphatic heterocycles. The third-order valence-electron chi connectivity index (χ3n) is 5.82. The van der Waals surface area contributed by atoms with Crippen LogP contribution in [0.1, 0.15) is 19.4 Å². The summed E-state index contributed by atoms with van der Waals surface area (Å²) in [7, 11) is -4.05. The first-order chi connectivity index (χ1) is 15.6. The van der Waals surface area contributed by atoms with Gasteiger partial charge in [0.05, 0.1) is 0 Å². The number of ether oxygens (including phenoxy) is 3. The highest BCUT2D eigenvalue weighted by Crippen LogP contribution is 2.47. The highest BCUT2D eigenvalue weighted by molar-refractivity contribution is 7.94. The Kier molecular flexibility index (Phi) is 5.87. The van der Waals surface area contributed by atoms with Crippen LogP contribution in [0.4, 0.5) is 0 Å². The number of fused-ring (bicyclic) bond motifs is 1. The number of β-lactam (4-membered cyclic amide) rings is 1. The second kappa shape index (κ2) is 8.51. The first kappa shape index (κ1) is 22.8. The molecule has 0 N–H and O–H groups in total. The number of hydrogen-bond donors (Lipinski definition) is 0. The van der Waals surface area contributed by atoms with Crippen molar-refractivity contribution >= 4 is 27.7 Å². The summed E-state index contributed by atoms with van der Waals surface area (Å²) in [6.45, 7) is 2.17. The van der Waals surface area contributed by atoms with Gasteiger partial charge in [0.25, 0.3) is 5.91 Å². The Hall–Kier alpha value is -3.40. The Labute approximate surface area is 191 Å². The maximum absolute atomic E-state index is 13.2. The summed E-state index contributed by atoms with van der Waals surface area (Å²) in [6.07, 6.45) is -1.53. The van der Waals surface area contributed by atoms with Crippen molar-refractivity contribution in [3.8, 4) is 5.75 Å². The van der Waals surface area contributed by atoms with Crippen molar-refractivity contribution in [2.75, 3.05) is 6.61 Å². The zero-order valence-electron chi connectivity index (χ0n) is 18.0. The number of benzene rings is 2. The lowest BCUT2D eigenvalue weighted by molar-refractivity contribution is -0.184. The van der Waals surface area contributed by atoms with Gasteiger partial charge in [-0.1, -0.05) is 48.5 Å². The molecular formula is C23H23NO8S. The number of carbonyl (C=O) groups is 3. The van der Waals surface area contributed by atoms with Gasteiger partial charge in [-0.15, -0.1) is 0 Å². The van der Waals surface area contributed by atoms with Crippen LogP contribution in [0.2, 0.25) is 0 Å². The maximum Gasteiger partial charge on any atom is 0.345 e. The predicted octanol–water partition coefficient (Wildman–Crippen LogP) is 1.46. The van der Waals surface area contributed by atoms with Crippen LogP contribution in [0, 0.1) is 0 Å². The van der Waals surface area contributed by atoms with Crippen LogP contribution in [-0.4, -0.2) is 60.0 Å². The number of nitrogens with zero attached hydrogens (tertiary/aromatic N) is 1. The van der Waals surface area contributed by atoms with Gasteiger partial charge in [-0.3, -0.25) is 4.79 Å². The quantitative estimate of drug-likeness (QED) is 0.438. The summed E-state index contributed by atoms with van der Waals surface area (Å²) in [5, 5.41) is -1.45. The summed E-state index contributed by atoms with van der Waals surface area (Å²) >= 11 is 0. The van der Waals surface area contributed by atoms with E-state index >= 15 is 0 Å². The molecule has 0 radical (unpaired) electrons. The summed E-state index contributed by atoms with van der Waals surface area (Å²) in [4.78, 5) is 38.7. The Morgan fingerprint density at radius 3 is 2.24 bits per heavy atom. The number of sulfone groups is 1. The topological polar surface area (TPSA) is 116 Å². The molecular weight excluding hydrogens is 450 g/mol. The van der Waals surface area contributed by atoms with E-state index in [4.69, 9.17) is 14.2 Å². The highest BCUT2D eigenvalue weighted by atomic mass is 32.2. The molecule has 0 saturated carbocycles. The Bertz CT molecular complexity index is 1160. The Balaban J connectivity index is 1.45. The summed E-state index contributed by atoms with van der Waals surface area (Å²) < 4.78 is 40.4. The van der Waals surface area contributed by atoms with Crippen LogP contribution in [0.5, 0.6) is 5.75 Å². The van der Waals surface area contributed by atoms with Crippen molar-refractivity contribution in [3.63, 3.8) is 0 Å². The van der Waals surface area contributed by atoms with Crippen molar-refractivity contribution in [2.45, 2.75) is 42.7 Å². The van der Waals surface area contributed by atoms with Gasteiger partial charge >= 0.3 is 11.9 Å². The molecule has 2 aromatic carbocycles. The zero-order valence-corrected chi connectivity index (χ0v) is 18.9. The number of esters is 2. The largest absolute Gasteiger partial charge is 0.482 e. The van der Waals surface area contributed by atoms with Gasteiger partial charge in [0.1, 0.15) is 23.1 Å². The molecule has 9 nitrogen and oxygen atoms in total. The molecule has 2 saturated heterocycles. The van der Waals surface area contributed by atoms with E-state index < -0.39 is 56.6 Å². The van der Waals surface area contributed by atoms with Gasteiger partial charge < -0.3 is 19.1 Å². The van der Waals surface area contributed by atoms with Crippen LogP contribution < -0.4 is 4.74 Å². The normalized spacial score (nSPS) is 24.4. The van der Waals surface area contributed by atoms with Crippen molar-refractivity contribution < 1.29 is 37.0 Å². The van der Waals surface area contributed by atoms with E-state index in [1.165, 1.54) is 13.8 Å². The summed E-state index contributed by atoms with van der Waals surface area (Å²) in [6, 6.07) is 16.0. The number of amides is 1. The van der Waals surface area contributed by atoms with E-state index in [-0.39, 0.29) is 6.61 Å². The fourth-order valence-electron chi connectivity index (χ4n) is 3.99. The molecule has 0 unspecified atom stereocenters. The molecule has 10 heteroatoms. The van der Waals surface area contributed by atoms with Gasteiger partial charge in [-0.2, -0.15) is 0 Å². The van der Waals surface area contributed by atoms with E-state index in [0.29, 0.717) is 5.75 Å². The molecule has 174 valence electrons. The van der Waals surface area contributed by atoms with E-state index in [0.717, 1.165) is 10.5 Å². The van der Waals surface area contributed by atoms with Crippen LogP contribution >= 0.6 is 0 Å². The van der Waals surface area contributed by atoms with Gasteiger partial charge in [0, 0.05) is 0 Å². The Morgan fingerprint density at radius 2 is 1.61 bits per heavy atom. The molecule has 1 amide bonds. The predicted molar refractivity (Wildman–Crippen MR) is 115 cm³/mol. The minimum Gasteiger partial charge on any atom is -0.482 e. The van der Waals surface area contributed by atoms with Gasteiger partial charge in [0.15, 0.2) is 21.8 Å². The van der Waals surface area contributed by atoms with Crippen molar-refractivity contribution in [1.29, 1.82) is 0 Å². The van der Waals surface area contributed by atoms with Crippen molar-refractivity contribution in [2.24, 2.45) is 0 Å². The van der Waals surface area contributed by atoms with E-state index in [9.17, 15) is 22.8 Å². The standard InChI is InChI=1S/C23H23NO8S/c1-23(2)19(22(27)31-13-15-9-5-3-6-10-15)24-20(26)18(21(24)33(23,28)29)32-17(25)14-30-16-11-7-4-8-12-16/h3-12,18-19,21H,13-14H2,1-2H3/t18-,19-,21+/m0/s1. The van der Waals surface area contributed by atoms with Gasteiger partial charge in [0.2, 0.25) is 6.10 Å². The summed E-state index contributed by atoms with van der Waals surface area (Å²) in [5.41, 5.74) is 0.723. The minimum atomic E-state index is -4.05. The third-order valence-corrected chi connectivity index (χ3v) is 8.62. The molecule has 2 fully saturated rings. The van der Waals surface area contributed by atoms with Crippen molar-refractivity contribution in [1.82, 2.24) is 4.90 Å². The fraction of sp³-hybridized carbons (Fsp3) is 0.348. The molecule has 4 rings (SSSR count). The third kappa shape index (κ3) is 3.95. The lowest BCUT2D eigenvalue weighted by Gasteiger charge is -2.41. The van der Waals surface area contributed by atoms with Crippen LogP contribution in [0.25, 0.3) is 0 Å². The molecule has 0 bridgehead atoms. The van der Waals surface area contributed by atoms with E-state index in [1.807, 2.05) is 6.07 Å². The molecule has 3 atom stereocenters. The molecule has 0 aromatic heterocycles. The van der Waals surface area contributed by atoms with Crippen LogP contribution in [-0.2, 0) is 40.3 Å². The van der Waals surface area contributed by atoms with Crippen molar-refractivity contribution in [3.05, 3.63) is 66.2 Å². The SMILES string of the molecule is CC1(C)[C@H](C(=O)OCc2ccccc2)N2C(=O)[C@H](OC(=O)COc3ccccc3)[C@H]2S1(=O)=O. The molecule has 33 heavy (non-hydrogen) atoms. The number of carbonyl (C=O) groups excluding carboxylic acids is 3. The van der Waals surface area contributed by atoms with Gasteiger partial charge in [-0.05, 0) is 31.5 Å². The van der Waals surface area contributed by atoms with E-state index in [2.05, 4.69) is 0 Å².